The molecule has 1 spiro atoms. The largest absolute Gasteiger partial charge is 0.392 e. The van der Waals surface area contributed by atoms with Crippen LogP contribution in [-0.4, -0.2) is 45.2 Å². The molecule has 1 aromatic carbocycles. The van der Waals surface area contributed by atoms with Crippen LogP contribution >= 0.6 is 0 Å². The quantitative estimate of drug-likeness (QED) is 0.873. The van der Waals surface area contributed by atoms with Crippen molar-refractivity contribution in [3.8, 4) is 0 Å². The maximum Gasteiger partial charge on any atom is 0.272 e. The molecule has 1 amide bonds. The Bertz CT molecular complexity index is 797. The predicted octanol–water partition coefficient (Wildman–Crippen LogP) is 1.66. The third kappa shape index (κ3) is 2.64. The van der Waals surface area contributed by atoms with Gasteiger partial charge in [-0.3, -0.25) is 4.79 Å². The molecule has 4 rings (SSSR count). The summed E-state index contributed by atoms with van der Waals surface area (Å²) in [6, 6.07) is 13.4. The number of carbonyl (C=O) groups is 1. The first-order valence-electron chi connectivity index (χ1n) is 8.76. The average molecular weight is 338 g/mol. The lowest BCUT2D eigenvalue weighted by molar-refractivity contribution is 0.0362. The van der Waals surface area contributed by atoms with Crippen molar-refractivity contribution in [2.45, 2.75) is 37.4 Å². The second-order valence-corrected chi connectivity index (χ2v) is 7.00. The lowest BCUT2D eigenvalue weighted by Crippen LogP contribution is -2.49. The van der Waals surface area contributed by atoms with Crippen LogP contribution in [0.4, 0.5) is 0 Å². The number of carbonyl (C=O) groups excluding carboxylic acids is 1. The smallest absolute Gasteiger partial charge is 0.272 e. The van der Waals surface area contributed by atoms with Crippen LogP contribution in [-0.2, 0) is 18.4 Å². The molecule has 130 valence electrons. The van der Waals surface area contributed by atoms with E-state index in [1.165, 1.54) is 11.1 Å². The molecule has 2 N–H and O–H groups in total. The monoisotopic (exact) mass is 338 g/mol. The van der Waals surface area contributed by atoms with Gasteiger partial charge >= 0.3 is 0 Å². The number of likely N-dealkylation sites (tertiary alicyclic amines) is 1. The van der Waals surface area contributed by atoms with Gasteiger partial charge in [0.25, 0.3) is 5.91 Å². The molecule has 2 heterocycles. The summed E-state index contributed by atoms with van der Waals surface area (Å²) in [6.07, 6.45) is 1.84. The molecule has 0 radical (unpaired) electrons. The zero-order valence-electron chi connectivity index (χ0n) is 14.1. The number of hydrogen-bond acceptors (Lipinski definition) is 4. The standard InChI is InChI=1S/C20H22N2O3/c23-13-15-5-3-7-17(21-15)19(25)22-10-8-20(9-11-22)16-6-2-1-4-14(16)12-18(20)24/h1-7,18,23-24H,8-13H2/t18-/m1/s1. The Balaban J connectivity index is 1.53. The minimum Gasteiger partial charge on any atom is -0.392 e. The van der Waals surface area contributed by atoms with Crippen molar-refractivity contribution in [1.29, 1.82) is 0 Å². The van der Waals surface area contributed by atoms with Crippen molar-refractivity contribution >= 4 is 5.91 Å². The number of pyridine rings is 1. The van der Waals surface area contributed by atoms with Crippen molar-refractivity contribution < 1.29 is 15.0 Å². The zero-order chi connectivity index (χ0) is 17.4. The van der Waals surface area contributed by atoms with Gasteiger partial charge in [0, 0.05) is 18.5 Å². The van der Waals surface area contributed by atoms with E-state index in [1.807, 2.05) is 17.0 Å². The van der Waals surface area contributed by atoms with E-state index in [0.717, 1.165) is 12.8 Å². The number of nitrogens with zero attached hydrogens (tertiary/aromatic N) is 2. The van der Waals surface area contributed by atoms with Crippen LogP contribution in [0.1, 0.15) is 40.2 Å². The van der Waals surface area contributed by atoms with Gasteiger partial charge in [-0.2, -0.15) is 0 Å². The Kier molecular flexibility index (Phi) is 4.06. The van der Waals surface area contributed by atoms with E-state index in [0.29, 0.717) is 30.9 Å². The maximum atomic E-state index is 12.7. The van der Waals surface area contributed by atoms with Crippen molar-refractivity contribution in [2.24, 2.45) is 0 Å². The number of aliphatic hydroxyl groups excluding tert-OH is 2. The van der Waals surface area contributed by atoms with Crippen molar-refractivity contribution in [3.63, 3.8) is 0 Å². The second kappa shape index (κ2) is 6.24. The lowest BCUT2D eigenvalue weighted by Gasteiger charge is -2.42. The molecule has 2 aromatic rings. The summed E-state index contributed by atoms with van der Waals surface area (Å²) < 4.78 is 0. The average Bonchev–Trinajstić information content (AvgIpc) is 2.93. The van der Waals surface area contributed by atoms with E-state index in [1.54, 1.807) is 18.2 Å². The van der Waals surface area contributed by atoms with Crippen LogP contribution in [0.2, 0.25) is 0 Å². The molecule has 1 aliphatic heterocycles. The van der Waals surface area contributed by atoms with Gasteiger partial charge in [0.1, 0.15) is 5.69 Å². The molecule has 0 unspecified atom stereocenters. The minimum atomic E-state index is -0.377. The first-order valence-corrected chi connectivity index (χ1v) is 8.76. The Hall–Kier alpha value is -2.24. The molecule has 1 aromatic heterocycles. The van der Waals surface area contributed by atoms with Gasteiger partial charge < -0.3 is 15.1 Å². The first kappa shape index (κ1) is 16.2. The fourth-order valence-electron chi connectivity index (χ4n) is 4.33. The molecular formula is C20H22N2O3. The van der Waals surface area contributed by atoms with Gasteiger partial charge in [-0.1, -0.05) is 30.3 Å². The Morgan fingerprint density at radius 1 is 1.16 bits per heavy atom. The number of hydrogen-bond donors (Lipinski definition) is 2. The van der Waals surface area contributed by atoms with Crippen molar-refractivity contribution in [1.82, 2.24) is 9.88 Å². The molecule has 25 heavy (non-hydrogen) atoms. The van der Waals surface area contributed by atoms with Gasteiger partial charge in [-0.15, -0.1) is 0 Å². The summed E-state index contributed by atoms with van der Waals surface area (Å²) in [6.45, 7) is 1.04. The SMILES string of the molecule is O=C(c1cccc(CO)n1)N1CCC2(CC1)c1ccccc1C[C@H]2O. The van der Waals surface area contributed by atoms with E-state index in [-0.39, 0.29) is 24.0 Å². The van der Waals surface area contributed by atoms with Crippen LogP contribution < -0.4 is 0 Å². The highest BCUT2D eigenvalue weighted by Crippen LogP contribution is 2.46. The highest BCUT2D eigenvalue weighted by atomic mass is 16.3. The van der Waals surface area contributed by atoms with Gasteiger partial charge in [-0.05, 0) is 42.5 Å². The molecule has 5 heteroatoms. The van der Waals surface area contributed by atoms with Crippen molar-refractivity contribution in [3.05, 3.63) is 65.0 Å². The third-order valence-electron chi connectivity index (χ3n) is 5.74. The Labute approximate surface area is 146 Å². The van der Waals surface area contributed by atoms with E-state index in [2.05, 4.69) is 17.1 Å². The molecule has 1 fully saturated rings. The summed E-state index contributed by atoms with van der Waals surface area (Å²) in [7, 11) is 0. The van der Waals surface area contributed by atoms with Crippen LogP contribution in [0.25, 0.3) is 0 Å². The number of amides is 1. The number of benzene rings is 1. The molecule has 1 aliphatic carbocycles. The highest BCUT2D eigenvalue weighted by Gasteiger charge is 2.48. The van der Waals surface area contributed by atoms with E-state index in [4.69, 9.17) is 0 Å². The summed E-state index contributed by atoms with van der Waals surface area (Å²) in [5.74, 6) is -0.106. The summed E-state index contributed by atoms with van der Waals surface area (Å²) in [5.41, 5.74) is 3.12. The molecule has 0 saturated carbocycles. The first-order chi connectivity index (χ1) is 12.1. The van der Waals surface area contributed by atoms with Crippen LogP contribution in [0.15, 0.2) is 42.5 Å². The van der Waals surface area contributed by atoms with Gasteiger partial charge in [-0.25, -0.2) is 4.98 Å². The number of fused-ring (bicyclic) bond motifs is 2. The fraction of sp³-hybridized carbons (Fsp3) is 0.400. The lowest BCUT2D eigenvalue weighted by atomic mass is 9.72. The van der Waals surface area contributed by atoms with Crippen molar-refractivity contribution in [2.75, 3.05) is 13.1 Å². The van der Waals surface area contributed by atoms with E-state index < -0.39 is 0 Å². The molecule has 5 nitrogen and oxygen atoms in total. The Morgan fingerprint density at radius 2 is 1.92 bits per heavy atom. The van der Waals surface area contributed by atoms with Gasteiger partial charge in [0.2, 0.25) is 0 Å². The maximum absolute atomic E-state index is 12.7. The van der Waals surface area contributed by atoms with Gasteiger partial charge in [0.05, 0.1) is 18.4 Å². The van der Waals surface area contributed by atoms with Crippen LogP contribution in [0.5, 0.6) is 0 Å². The van der Waals surface area contributed by atoms with Crippen LogP contribution in [0.3, 0.4) is 0 Å². The number of piperidine rings is 1. The number of aliphatic hydroxyl groups is 2. The normalized spacial score (nSPS) is 21.4. The molecule has 1 saturated heterocycles. The zero-order valence-corrected chi connectivity index (χ0v) is 14.1. The molecular weight excluding hydrogens is 316 g/mol. The summed E-state index contributed by atoms with van der Waals surface area (Å²) >= 11 is 0. The molecule has 1 atom stereocenters. The second-order valence-electron chi connectivity index (χ2n) is 7.00. The Morgan fingerprint density at radius 3 is 2.68 bits per heavy atom. The van der Waals surface area contributed by atoms with E-state index in [9.17, 15) is 15.0 Å². The molecule has 0 bridgehead atoms. The van der Waals surface area contributed by atoms with Gasteiger partial charge in [0.15, 0.2) is 0 Å². The summed E-state index contributed by atoms with van der Waals surface area (Å²) in [4.78, 5) is 18.7. The van der Waals surface area contributed by atoms with E-state index >= 15 is 0 Å². The van der Waals surface area contributed by atoms with Crippen LogP contribution in [0, 0.1) is 0 Å². The minimum absolute atomic E-state index is 0.106. The topological polar surface area (TPSA) is 73.7 Å². The predicted molar refractivity (Wildman–Crippen MR) is 93.1 cm³/mol. The third-order valence-corrected chi connectivity index (χ3v) is 5.74. The fourth-order valence-corrected chi connectivity index (χ4v) is 4.33. The summed E-state index contributed by atoms with van der Waals surface area (Å²) in [5, 5.41) is 19.9. The number of rotatable bonds is 2. The number of aromatic nitrogens is 1. The molecule has 2 aliphatic rings. The highest BCUT2D eigenvalue weighted by molar-refractivity contribution is 5.92.